The van der Waals surface area contributed by atoms with E-state index in [0.29, 0.717) is 0 Å². The summed E-state index contributed by atoms with van der Waals surface area (Å²) in [7, 11) is 1.80. The number of benzene rings is 1. The third-order valence-electron chi connectivity index (χ3n) is 1.66. The number of halogens is 1. The summed E-state index contributed by atoms with van der Waals surface area (Å²) in [6.45, 7) is 0. The summed E-state index contributed by atoms with van der Waals surface area (Å²) in [5, 5.41) is 0. The number of hydrogen-bond donors (Lipinski definition) is 0. The van der Waals surface area contributed by atoms with Gasteiger partial charge < -0.3 is 0 Å². The molecule has 0 fully saturated rings. The Labute approximate surface area is 80.9 Å². The molecule has 1 aliphatic rings. The zero-order valence-corrected chi connectivity index (χ0v) is 8.65. The van der Waals surface area contributed by atoms with Crippen LogP contribution in [0.3, 0.4) is 0 Å². The first-order valence-corrected chi connectivity index (χ1v) is 5.44. The van der Waals surface area contributed by atoms with Crippen molar-refractivity contribution in [3.8, 4) is 0 Å². The molecular formula is C8H7IN2O. The molecule has 0 aliphatic carbocycles. The van der Waals surface area contributed by atoms with E-state index in [1.165, 1.54) is 0 Å². The van der Waals surface area contributed by atoms with E-state index in [-0.39, 0.29) is 5.91 Å². The number of rotatable bonds is 0. The van der Waals surface area contributed by atoms with E-state index in [4.69, 9.17) is 0 Å². The third kappa shape index (κ3) is 1.16. The number of hydrogen-bond acceptors (Lipinski definition) is 2. The van der Waals surface area contributed by atoms with Gasteiger partial charge >= 0.3 is 0 Å². The lowest BCUT2D eigenvalue weighted by atomic mass is 10.2. The Hall–Kier alpha value is -0.780. The van der Waals surface area contributed by atoms with Crippen LogP contribution in [-0.2, 0) is 0 Å². The van der Waals surface area contributed by atoms with Crippen molar-refractivity contribution >= 4 is 32.9 Å². The number of carbonyl (C=O) groups is 1. The predicted octanol–water partition coefficient (Wildman–Crippen LogP) is 2.47. The largest absolute Gasteiger partial charge is 0.275 e. The second-order valence-corrected chi connectivity index (χ2v) is 4.82. The topological polar surface area (TPSA) is 32.7 Å². The van der Waals surface area contributed by atoms with Gasteiger partial charge in [-0.1, -0.05) is 12.1 Å². The van der Waals surface area contributed by atoms with Gasteiger partial charge in [-0.3, -0.25) is 7.91 Å². The highest BCUT2D eigenvalue weighted by Crippen LogP contribution is 2.31. The zero-order valence-electron chi connectivity index (χ0n) is 6.49. The maximum atomic E-state index is 11.5. The minimum Gasteiger partial charge on any atom is -0.275 e. The van der Waals surface area contributed by atoms with Gasteiger partial charge in [0, 0.05) is 7.05 Å². The second-order valence-electron chi connectivity index (χ2n) is 2.46. The van der Waals surface area contributed by atoms with Gasteiger partial charge in [-0.2, -0.15) is 0 Å². The van der Waals surface area contributed by atoms with Gasteiger partial charge in [0.2, 0.25) is 0 Å². The Morgan fingerprint density at radius 2 is 2.17 bits per heavy atom. The average Bonchev–Trinajstić information content (AvgIpc) is 2.12. The molecule has 1 aliphatic heterocycles. The fourth-order valence-corrected chi connectivity index (χ4v) is 2.46. The van der Waals surface area contributed by atoms with E-state index in [0.717, 1.165) is 11.3 Å². The molecular weight excluding hydrogens is 267 g/mol. The predicted molar refractivity (Wildman–Crippen MR) is 54.6 cm³/mol. The summed E-state index contributed by atoms with van der Waals surface area (Å²) >= 11 is -0.468. The van der Waals surface area contributed by atoms with Crippen molar-refractivity contribution in [3.05, 3.63) is 29.8 Å². The first-order chi connectivity index (χ1) is 5.79. The van der Waals surface area contributed by atoms with Crippen molar-refractivity contribution in [2.45, 2.75) is 0 Å². The molecule has 1 aromatic carbocycles. The zero-order chi connectivity index (χ0) is 8.55. The number of nitrogens with zero attached hydrogens (tertiary/aromatic N) is 2. The number of carbonyl (C=O) groups excluding carboxylic acids is 1. The lowest BCUT2D eigenvalue weighted by Gasteiger charge is -2.15. The van der Waals surface area contributed by atoms with Crippen LogP contribution in [0.2, 0.25) is 0 Å². The smallest absolute Gasteiger partial charge is 0.265 e. The van der Waals surface area contributed by atoms with Crippen LogP contribution in [0.4, 0.5) is 5.69 Å². The molecule has 3 nitrogen and oxygen atoms in total. The van der Waals surface area contributed by atoms with Crippen LogP contribution < -0.4 is 0 Å². The minimum atomic E-state index is -0.468. The summed E-state index contributed by atoms with van der Waals surface area (Å²) in [5.74, 6) is 0.105. The van der Waals surface area contributed by atoms with Gasteiger partial charge in [0.05, 0.1) is 11.3 Å². The Bertz CT molecular complexity index is 362. The molecule has 62 valence electrons. The van der Waals surface area contributed by atoms with Crippen LogP contribution in [0.5, 0.6) is 0 Å². The van der Waals surface area contributed by atoms with Crippen LogP contribution in [0.1, 0.15) is 10.4 Å². The van der Waals surface area contributed by atoms with E-state index in [2.05, 4.69) is 3.15 Å². The fourth-order valence-electron chi connectivity index (χ4n) is 1.03. The molecule has 1 amide bonds. The van der Waals surface area contributed by atoms with Crippen molar-refractivity contribution in [2.24, 2.45) is 3.15 Å². The van der Waals surface area contributed by atoms with Crippen LogP contribution >= 0.6 is 21.3 Å². The molecule has 0 bridgehead atoms. The Balaban J connectivity index is 2.59. The summed E-state index contributed by atoms with van der Waals surface area (Å²) in [5.41, 5.74) is 1.58. The monoisotopic (exact) mass is 274 g/mol. The van der Waals surface area contributed by atoms with E-state index in [9.17, 15) is 4.79 Å². The molecule has 0 saturated carbocycles. The van der Waals surface area contributed by atoms with Crippen LogP contribution in [-0.4, -0.2) is 16.1 Å². The SMILES string of the molecule is CN1I=Nc2ccccc2C1=O. The normalized spacial score (nSPS) is 15.4. The lowest BCUT2D eigenvalue weighted by molar-refractivity contribution is 0.0906. The Morgan fingerprint density at radius 1 is 1.42 bits per heavy atom. The maximum Gasteiger partial charge on any atom is 0.265 e. The van der Waals surface area contributed by atoms with E-state index in [1.54, 1.807) is 10.2 Å². The number of amides is 1. The standard InChI is InChI=1S/C8H7IN2O/c1-11-8(12)6-4-2-3-5-7(6)10-9-11/h2-5H,1H3. The van der Waals surface area contributed by atoms with Gasteiger partial charge in [0.25, 0.3) is 5.91 Å². The molecule has 0 spiro atoms. The maximum absolute atomic E-state index is 11.5. The van der Waals surface area contributed by atoms with Crippen molar-refractivity contribution in [2.75, 3.05) is 7.05 Å². The Kier molecular flexibility index (Phi) is 1.92. The molecule has 1 aromatic rings. The highest BCUT2D eigenvalue weighted by atomic mass is 127. The molecule has 4 heteroatoms. The van der Waals surface area contributed by atoms with Crippen LogP contribution in [0, 0.1) is 0 Å². The lowest BCUT2D eigenvalue weighted by Crippen LogP contribution is -2.18. The summed E-state index contributed by atoms with van der Waals surface area (Å²) in [4.78, 5) is 11.5. The van der Waals surface area contributed by atoms with Gasteiger partial charge in [0.15, 0.2) is 0 Å². The third-order valence-corrected chi connectivity index (χ3v) is 3.48. The van der Waals surface area contributed by atoms with E-state index < -0.39 is 21.3 Å². The van der Waals surface area contributed by atoms with Crippen LogP contribution in [0.15, 0.2) is 27.4 Å². The van der Waals surface area contributed by atoms with Crippen molar-refractivity contribution in [1.29, 1.82) is 0 Å². The van der Waals surface area contributed by atoms with E-state index in [1.807, 2.05) is 24.3 Å². The van der Waals surface area contributed by atoms with Crippen molar-refractivity contribution < 1.29 is 4.79 Å². The van der Waals surface area contributed by atoms with Gasteiger partial charge in [-0.25, -0.2) is 3.15 Å². The minimum absolute atomic E-state index is 0.105. The molecule has 1 heterocycles. The average molecular weight is 274 g/mol. The molecule has 0 aromatic heterocycles. The Morgan fingerprint density at radius 3 is 3.00 bits per heavy atom. The van der Waals surface area contributed by atoms with Gasteiger partial charge in [-0.05, 0) is 12.1 Å². The van der Waals surface area contributed by atoms with Crippen molar-refractivity contribution in [1.82, 2.24) is 3.11 Å². The quantitative estimate of drug-likeness (QED) is 0.528. The highest BCUT2D eigenvalue weighted by molar-refractivity contribution is 14.1. The highest BCUT2D eigenvalue weighted by Gasteiger charge is 2.17. The van der Waals surface area contributed by atoms with Crippen LogP contribution in [0.25, 0.3) is 0 Å². The fraction of sp³-hybridized carbons (Fsp3) is 0.125. The molecule has 0 unspecified atom stereocenters. The summed E-state index contributed by atoms with van der Waals surface area (Å²) < 4.78 is 6.05. The molecule has 0 N–H and O–H groups in total. The first-order valence-electron chi connectivity index (χ1n) is 3.51. The van der Waals surface area contributed by atoms with Crippen molar-refractivity contribution in [3.63, 3.8) is 0 Å². The molecule has 0 saturated heterocycles. The number of fused-ring (bicyclic) bond motifs is 1. The first kappa shape index (κ1) is 7.85. The van der Waals surface area contributed by atoms with E-state index >= 15 is 0 Å². The summed E-state index contributed by atoms with van der Waals surface area (Å²) in [6, 6.07) is 7.48. The second kappa shape index (κ2) is 2.93. The van der Waals surface area contributed by atoms with Gasteiger partial charge in [-0.15, -0.1) is 0 Å². The molecule has 12 heavy (non-hydrogen) atoms. The summed E-state index contributed by atoms with van der Waals surface area (Å²) in [6.07, 6.45) is 0. The molecule has 2 rings (SSSR count). The van der Waals surface area contributed by atoms with Gasteiger partial charge in [0.1, 0.15) is 21.3 Å². The molecule has 0 atom stereocenters. The molecule has 0 radical (unpaired) electrons.